The van der Waals surface area contributed by atoms with Gasteiger partial charge in [0.2, 0.25) is 0 Å². The quantitative estimate of drug-likeness (QED) is 0.487. The Morgan fingerprint density at radius 2 is 1.72 bits per heavy atom. The number of amides is 1. The fourth-order valence-electron chi connectivity index (χ4n) is 3.20. The number of sulfone groups is 1. The predicted octanol–water partition coefficient (Wildman–Crippen LogP) is 4.70. The SMILES string of the molecule is CC.Cc1cc(S(C)(=O)=O)cnc1C(=O)Nc1ccc(-c2cn3cccc(C)c3n2)cc1. The van der Waals surface area contributed by atoms with Crippen LogP contribution < -0.4 is 5.32 Å². The number of pyridine rings is 2. The number of rotatable bonds is 4. The third-order valence-corrected chi connectivity index (χ3v) is 5.89. The molecule has 0 bridgehead atoms. The number of aryl methyl sites for hydroxylation is 2. The van der Waals surface area contributed by atoms with Crippen molar-refractivity contribution in [1.29, 1.82) is 0 Å². The van der Waals surface area contributed by atoms with Crippen LogP contribution in [0.1, 0.15) is 35.5 Å². The van der Waals surface area contributed by atoms with E-state index in [2.05, 4.69) is 15.3 Å². The van der Waals surface area contributed by atoms with Crippen LogP contribution in [0.4, 0.5) is 5.69 Å². The van der Waals surface area contributed by atoms with Crippen LogP contribution in [0.15, 0.2) is 66.0 Å². The van der Waals surface area contributed by atoms with Gasteiger partial charge < -0.3 is 9.72 Å². The van der Waals surface area contributed by atoms with E-state index in [0.717, 1.165) is 28.7 Å². The van der Waals surface area contributed by atoms with Crippen molar-refractivity contribution < 1.29 is 13.2 Å². The summed E-state index contributed by atoms with van der Waals surface area (Å²) in [4.78, 5) is 21.4. The summed E-state index contributed by atoms with van der Waals surface area (Å²) < 4.78 is 25.3. The minimum absolute atomic E-state index is 0.0867. The molecule has 0 saturated heterocycles. The van der Waals surface area contributed by atoms with Crippen molar-refractivity contribution in [1.82, 2.24) is 14.4 Å². The zero-order chi connectivity index (χ0) is 23.5. The van der Waals surface area contributed by atoms with E-state index in [1.54, 1.807) is 19.1 Å². The second kappa shape index (κ2) is 9.32. The van der Waals surface area contributed by atoms with E-state index in [-0.39, 0.29) is 10.6 Å². The van der Waals surface area contributed by atoms with Gasteiger partial charge in [-0.25, -0.2) is 18.4 Å². The summed E-state index contributed by atoms with van der Waals surface area (Å²) in [5.74, 6) is -0.399. The molecule has 1 aromatic carbocycles. The Hall–Kier alpha value is -3.52. The predicted molar refractivity (Wildman–Crippen MR) is 127 cm³/mol. The number of imidazole rings is 1. The van der Waals surface area contributed by atoms with Gasteiger partial charge in [0.25, 0.3) is 5.91 Å². The lowest BCUT2D eigenvalue weighted by molar-refractivity contribution is 0.102. The van der Waals surface area contributed by atoms with Gasteiger partial charge in [-0.1, -0.05) is 32.0 Å². The lowest BCUT2D eigenvalue weighted by Gasteiger charge is -2.08. The number of hydrogen-bond donors (Lipinski definition) is 1. The average Bonchev–Trinajstić information content (AvgIpc) is 3.21. The molecule has 166 valence electrons. The third kappa shape index (κ3) is 4.86. The number of nitrogens with zero attached hydrogens (tertiary/aromatic N) is 3. The van der Waals surface area contributed by atoms with Gasteiger partial charge in [0, 0.05) is 36.1 Å². The molecule has 32 heavy (non-hydrogen) atoms. The van der Waals surface area contributed by atoms with Crippen molar-refractivity contribution in [3.8, 4) is 11.3 Å². The molecule has 0 aliphatic carbocycles. The number of anilines is 1. The third-order valence-electron chi connectivity index (χ3n) is 4.81. The van der Waals surface area contributed by atoms with Crippen LogP contribution in [0.2, 0.25) is 0 Å². The van der Waals surface area contributed by atoms with Crippen molar-refractivity contribution >= 4 is 27.1 Å². The summed E-state index contributed by atoms with van der Waals surface area (Å²) in [7, 11) is -3.37. The molecule has 0 atom stereocenters. The summed E-state index contributed by atoms with van der Waals surface area (Å²) in [6.07, 6.45) is 6.23. The first-order valence-electron chi connectivity index (χ1n) is 10.3. The Labute approximate surface area is 188 Å². The number of nitrogens with one attached hydrogen (secondary N) is 1. The minimum atomic E-state index is -3.37. The first kappa shape index (κ1) is 23.1. The van der Waals surface area contributed by atoms with Crippen molar-refractivity contribution in [2.24, 2.45) is 0 Å². The molecule has 3 aromatic heterocycles. The van der Waals surface area contributed by atoms with Crippen molar-refractivity contribution in [3.63, 3.8) is 0 Å². The van der Waals surface area contributed by atoms with Crippen LogP contribution in [0.5, 0.6) is 0 Å². The Bertz CT molecular complexity index is 1370. The summed E-state index contributed by atoms with van der Waals surface area (Å²) in [5.41, 5.74) is 5.06. The lowest BCUT2D eigenvalue weighted by atomic mass is 10.1. The van der Waals surface area contributed by atoms with E-state index in [1.807, 2.05) is 61.8 Å². The molecule has 1 N–H and O–H groups in total. The van der Waals surface area contributed by atoms with Gasteiger partial charge in [0.15, 0.2) is 9.84 Å². The highest BCUT2D eigenvalue weighted by Crippen LogP contribution is 2.23. The van der Waals surface area contributed by atoms with Crippen molar-refractivity contribution in [2.75, 3.05) is 11.6 Å². The van der Waals surface area contributed by atoms with Gasteiger partial charge in [-0.2, -0.15) is 0 Å². The summed E-state index contributed by atoms with van der Waals surface area (Å²) in [6, 6.07) is 12.8. The van der Waals surface area contributed by atoms with Gasteiger partial charge >= 0.3 is 0 Å². The zero-order valence-electron chi connectivity index (χ0n) is 18.7. The van der Waals surface area contributed by atoms with Crippen LogP contribution in [0.25, 0.3) is 16.9 Å². The lowest BCUT2D eigenvalue weighted by Crippen LogP contribution is -2.16. The molecule has 0 spiro atoms. The number of carbonyl (C=O) groups excluding carboxylic acids is 1. The van der Waals surface area contributed by atoms with Crippen molar-refractivity contribution in [3.05, 3.63) is 77.9 Å². The molecule has 0 unspecified atom stereocenters. The Morgan fingerprint density at radius 3 is 2.31 bits per heavy atom. The van der Waals surface area contributed by atoms with Crippen LogP contribution >= 0.6 is 0 Å². The highest BCUT2D eigenvalue weighted by Gasteiger charge is 2.15. The fourth-order valence-corrected chi connectivity index (χ4v) is 3.83. The zero-order valence-corrected chi connectivity index (χ0v) is 19.6. The number of fused-ring (bicyclic) bond motifs is 1. The molecule has 0 aliphatic heterocycles. The molecule has 1 amide bonds. The fraction of sp³-hybridized carbons (Fsp3) is 0.208. The number of benzene rings is 1. The van der Waals surface area contributed by atoms with E-state index in [1.165, 1.54) is 12.3 Å². The summed E-state index contributed by atoms with van der Waals surface area (Å²) in [6.45, 7) is 7.67. The molecule has 3 heterocycles. The summed E-state index contributed by atoms with van der Waals surface area (Å²) >= 11 is 0. The second-order valence-corrected chi connectivity index (χ2v) is 9.20. The Balaban J connectivity index is 0.00000141. The largest absolute Gasteiger partial charge is 0.321 e. The number of carbonyl (C=O) groups is 1. The van der Waals surface area contributed by atoms with Crippen LogP contribution in [0.3, 0.4) is 0 Å². The van der Waals surface area contributed by atoms with Gasteiger partial charge in [-0.3, -0.25) is 4.79 Å². The highest BCUT2D eigenvalue weighted by atomic mass is 32.2. The smallest absolute Gasteiger partial charge is 0.274 e. The molecular weight excluding hydrogens is 424 g/mol. The normalized spacial score (nSPS) is 11.0. The van der Waals surface area contributed by atoms with Crippen LogP contribution in [0, 0.1) is 13.8 Å². The number of aromatic nitrogens is 3. The maximum atomic E-state index is 12.6. The van der Waals surface area contributed by atoms with Crippen molar-refractivity contribution in [2.45, 2.75) is 32.6 Å². The highest BCUT2D eigenvalue weighted by molar-refractivity contribution is 7.90. The molecule has 7 nitrogen and oxygen atoms in total. The first-order chi connectivity index (χ1) is 15.2. The molecule has 8 heteroatoms. The molecule has 0 fully saturated rings. The van der Waals surface area contributed by atoms with Gasteiger partial charge in [-0.15, -0.1) is 0 Å². The monoisotopic (exact) mass is 450 g/mol. The Kier molecular flexibility index (Phi) is 6.74. The average molecular weight is 451 g/mol. The van der Waals surface area contributed by atoms with Gasteiger partial charge in [-0.05, 0) is 49.2 Å². The summed E-state index contributed by atoms with van der Waals surface area (Å²) in [5, 5.41) is 2.80. The van der Waals surface area contributed by atoms with Gasteiger partial charge in [0.05, 0.1) is 10.6 Å². The molecule has 0 saturated carbocycles. The standard InChI is InChI=1S/C22H20N4O3S.C2H6/c1-14-5-4-10-26-13-19(25-21(14)26)16-6-8-17(9-7-16)24-22(27)20-15(2)11-18(12-23-20)30(3,28)29;1-2/h4-13H,1-3H3,(H,24,27);1-2H3. The van der Waals surface area contributed by atoms with E-state index in [4.69, 9.17) is 0 Å². The first-order valence-corrected chi connectivity index (χ1v) is 12.1. The van der Waals surface area contributed by atoms with E-state index in [9.17, 15) is 13.2 Å². The molecule has 0 radical (unpaired) electrons. The molecular formula is C24H26N4O3S. The topological polar surface area (TPSA) is 93.4 Å². The maximum absolute atomic E-state index is 12.6. The molecule has 0 aliphatic rings. The maximum Gasteiger partial charge on any atom is 0.274 e. The minimum Gasteiger partial charge on any atom is -0.321 e. The van der Waals surface area contributed by atoms with E-state index >= 15 is 0 Å². The van der Waals surface area contributed by atoms with Crippen LogP contribution in [-0.2, 0) is 9.84 Å². The number of hydrogen-bond acceptors (Lipinski definition) is 5. The van der Waals surface area contributed by atoms with Gasteiger partial charge in [0.1, 0.15) is 11.3 Å². The van der Waals surface area contributed by atoms with E-state index in [0.29, 0.717) is 11.3 Å². The van der Waals surface area contributed by atoms with Crippen LogP contribution in [-0.4, -0.2) is 34.9 Å². The van der Waals surface area contributed by atoms with E-state index < -0.39 is 15.7 Å². The molecule has 4 rings (SSSR count). The Morgan fingerprint density at radius 1 is 1.03 bits per heavy atom. The molecule has 4 aromatic rings. The second-order valence-electron chi connectivity index (χ2n) is 7.19.